The summed E-state index contributed by atoms with van der Waals surface area (Å²) >= 11 is 0. The molecule has 1 fully saturated rings. The highest BCUT2D eigenvalue weighted by Crippen LogP contribution is 2.37. The average Bonchev–Trinajstić information content (AvgIpc) is 2.77. The summed E-state index contributed by atoms with van der Waals surface area (Å²) in [5, 5.41) is 0.209. The summed E-state index contributed by atoms with van der Waals surface area (Å²) in [5.41, 5.74) is 0. The lowest BCUT2D eigenvalue weighted by Gasteiger charge is -2.38. The molecule has 1 saturated heterocycles. The molecule has 19 heavy (non-hydrogen) atoms. The minimum Gasteiger partial charge on any atom is -0.403 e. The second kappa shape index (κ2) is 6.89. The summed E-state index contributed by atoms with van der Waals surface area (Å²) in [4.78, 5) is 0. The fraction of sp³-hybridized carbons (Fsp3) is 0.867. The van der Waals surface area contributed by atoms with Crippen molar-refractivity contribution < 1.29 is 13.9 Å². The Morgan fingerprint density at radius 2 is 1.84 bits per heavy atom. The van der Waals surface area contributed by atoms with Gasteiger partial charge in [0.05, 0.1) is 13.2 Å². The first-order valence-electron chi connectivity index (χ1n) is 7.09. The first-order chi connectivity index (χ1) is 8.76. The minimum atomic E-state index is -1.77. The van der Waals surface area contributed by atoms with Gasteiger partial charge in [-0.25, -0.2) is 0 Å². The molecule has 0 bridgehead atoms. The standard InChI is InChI=1S/C15H28O3Si/c1-7-8-13(9-10-14-16-11-12-17-14)18-19(5,6)15(2,3)4/h13-14H,9-12H2,1-6H3. The van der Waals surface area contributed by atoms with E-state index in [9.17, 15) is 0 Å². The summed E-state index contributed by atoms with van der Waals surface area (Å²) in [5.74, 6) is 6.17. The molecule has 0 saturated carbocycles. The van der Waals surface area contributed by atoms with Crippen LogP contribution < -0.4 is 0 Å². The topological polar surface area (TPSA) is 27.7 Å². The van der Waals surface area contributed by atoms with Crippen molar-refractivity contribution in [2.75, 3.05) is 13.2 Å². The molecular formula is C15H28O3Si. The highest BCUT2D eigenvalue weighted by Gasteiger charge is 2.39. The highest BCUT2D eigenvalue weighted by molar-refractivity contribution is 6.74. The number of ether oxygens (including phenoxy) is 2. The van der Waals surface area contributed by atoms with Crippen LogP contribution in [0.5, 0.6) is 0 Å². The Morgan fingerprint density at radius 1 is 1.26 bits per heavy atom. The van der Waals surface area contributed by atoms with Crippen LogP contribution in [0.3, 0.4) is 0 Å². The lowest BCUT2D eigenvalue weighted by Crippen LogP contribution is -2.43. The largest absolute Gasteiger partial charge is 0.403 e. The van der Waals surface area contributed by atoms with Gasteiger partial charge < -0.3 is 13.9 Å². The Bertz CT molecular complexity index is 330. The van der Waals surface area contributed by atoms with Gasteiger partial charge in [-0.3, -0.25) is 0 Å². The van der Waals surface area contributed by atoms with Gasteiger partial charge in [0, 0.05) is 6.42 Å². The second-order valence-electron chi connectivity index (χ2n) is 6.51. The summed E-state index contributed by atoms with van der Waals surface area (Å²) in [6.07, 6.45) is 1.66. The van der Waals surface area contributed by atoms with E-state index in [2.05, 4.69) is 45.7 Å². The molecule has 0 aliphatic carbocycles. The van der Waals surface area contributed by atoms with Crippen LogP contribution in [0.25, 0.3) is 0 Å². The maximum absolute atomic E-state index is 6.36. The smallest absolute Gasteiger partial charge is 0.193 e. The molecule has 110 valence electrons. The van der Waals surface area contributed by atoms with Gasteiger partial charge in [-0.15, -0.1) is 5.92 Å². The Labute approximate surface area is 119 Å². The third-order valence-corrected chi connectivity index (χ3v) is 8.39. The predicted octanol–water partition coefficient (Wildman–Crippen LogP) is 3.55. The SMILES string of the molecule is CC#CC(CCC1OCCO1)O[Si](C)(C)C(C)(C)C. The molecule has 4 heteroatoms. The van der Waals surface area contributed by atoms with E-state index in [0.29, 0.717) is 13.2 Å². The fourth-order valence-electron chi connectivity index (χ4n) is 1.72. The Kier molecular flexibility index (Phi) is 6.06. The lowest BCUT2D eigenvalue weighted by molar-refractivity contribution is -0.0513. The normalized spacial score (nSPS) is 19.1. The van der Waals surface area contributed by atoms with Crippen LogP contribution in [-0.2, 0) is 13.9 Å². The van der Waals surface area contributed by atoms with Crippen LogP contribution in [-0.4, -0.2) is 33.9 Å². The maximum atomic E-state index is 6.36. The van der Waals surface area contributed by atoms with E-state index in [-0.39, 0.29) is 17.4 Å². The molecule has 1 aliphatic rings. The zero-order valence-electron chi connectivity index (χ0n) is 13.2. The molecule has 1 heterocycles. The first kappa shape index (κ1) is 16.7. The molecule has 0 aromatic heterocycles. The van der Waals surface area contributed by atoms with Crippen molar-refractivity contribution in [3.05, 3.63) is 0 Å². The predicted molar refractivity (Wildman–Crippen MR) is 80.4 cm³/mol. The number of hydrogen-bond acceptors (Lipinski definition) is 3. The molecular weight excluding hydrogens is 256 g/mol. The fourth-order valence-corrected chi connectivity index (χ4v) is 2.96. The van der Waals surface area contributed by atoms with E-state index >= 15 is 0 Å². The molecule has 0 aromatic rings. The van der Waals surface area contributed by atoms with Gasteiger partial charge in [0.2, 0.25) is 0 Å². The first-order valence-corrected chi connectivity index (χ1v) is 10.0. The zero-order valence-corrected chi connectivity index (χ0v) is 14.2. The van der Waals surface area contributed by atoms with E-state index in [1.54, 1.807) is 0 Å². The van der Waals surface area contributed by atoms with E-state index in [0.717, 1.165) is 12.8 Å². The number of rotatable bonds is 5. The van der Waals surface area contributed by atoms with Gasteiger partial charge in [-0.05, 0) is 31.5 Å². The summed E-state index contributed by atoms with van der Waals surface area (Å²) < 4.78 is 17.3. The number of hydrogen-bond donors (Lipinski definition) is 0. The van der Waals surface area contributed by atoms with Crippen molar-refractivity contribution in [1.29, 1.82) is 0 Å². The van der Waals surface area contributed by atoms with E-state index in [1.807, 2.05) is 6.92 Å². The minimum absolute atomic E-state index is 0.00121. The third kappa shape index (κ3) is 5.27. The Hall–Kier alpha value is -0.343. The van der Waals surface area contributed by atoms with Crippen LogP contribution in [0.15, 0.2) is 0 Å². The molecule has 0 radical (unpaired) electrons. The summed E-state index contributed by atoms with van der Waals surface area (Å²) in [7, 11) is -1.77. The van der Waals surface area contributed by atoms with Crippen LogP contribution in [0.1, 0.15) is 40.5 Å². The molecule has 0 spiro atoms. The van der Waals surface area contributed by atoms with E-state index in [4.69, 9.17) is 13.9 Å². The van der Waals surface area contributed by atoms with Gasteiger partial charge in [-0.1, -0.05) is 26.7 Å². The maximum Gasteiger partial charge on any atom is 0.193 e. The van der Waals surface area contributed by atoms with E-state index in [1.165, 1.54) is 0 Å². The molecule has 1 rings (SSSR count). The third-order valence-electron chi connectivity index (χ3n) is 3.90. The highest BCUT2D eigenvalue weighted by atomic mass is 28.4. The quantitative estimate of drug-likeness (QED) is 0.571. The van der Waals surface area contributed by atoms with Gasteiger partial charge in [0.15, 0.2) is 14.6 Å². The van der Waals surface area contributed by atoms with Gasteiger partial charge >= 0.3 is 0 Å². The van der Waals surface area contributed by atoms with Crippen LogP contribution >= 0.6 is 0 Å². The van der Waals surface area contributed by atoms with Crippen molar-refractivity contribution in [2.45, 2.75) is 71.1 Å². The van der Waals surface area contributed by atoms with Gasteiger partial charge in [-0.2, -0.15) is 0 Å². The average molecular weight is 284 g/mol. The van der Waals surface area contributed by atoms with Gasteiger partial charge in [0.1, 0.15) is 6.10 Å². The summed E-state index contributed by atoms with van der Waals surface area (Å²) in [6.45, 7) is 14.6. The zero-order chi connectivity index (χ0) is 14.5. The van der Waals surface area contributed by atoms with E-state index < -0.39 is 8.32 Å². The van der Waals surface area contributed by atoms with Crippen LogP contribution in [0.2, 0.25) is 18.1 Å². The van der Waals surface area contributed by atoms with Crippen molar-refractivity contribution in [1.82, 2.24) is 0 Å². The monoisotopic (exact) mass is 284 g/mol. The molecule has 0 N–H and O–H groups in total. The molecule has 0 amide bonds. The van der Waals surface area contributed by atoms with Crippen molar-refractivity contribution in [3.8, 4) is 11.8 Å². The van der Waals surface area contributed by atoms with Crippen LogP contribution in [0, 0.1) is 11.8 Å². The molecule has 0 aromatic carbocycles. The Balaban J connectivity index is 2.54. The van der Waals surface area contributed by atoms with Crippen molar-refractivity contribution >= 4 is 8.32 Å². The molecule has 1 aliphatic heterocycles. The van der Waals surface area contributed by atoms with Crippen LogP contribution in [0.4, 0.5) is 0 Å². The Morgan fingerprint density at radius 3 is 2.32 bits per heavy atom. The van der Waals surface area contributed by atoms with Gasteiger partial charge in [0.25, 0.3) is 0 Å². The van der Waals surface area contributed by atoms with Crippen molar-refractivity contribution in [2.24, 2.45) is 0 Å². The van der Waals surface area contributed by atoms with Crippen molar-refractivity contribution in [3.63, 3.8) is 0 Å². The molecule has 1 unspecified atom stereocenters. The molecule has 1 atom stereocenters. The lowest BCUT2D eigenvalue weighted by atomic mass is 10.2. The summed E-state index contributed by atoms with van der Waals surface area (Å²) in [6, 6.07) is 0. The molecule has 3 nitrogen and oxygen atoms in total. The second-order valence-corrected chi connectivity index (χ2v) is 11.3.